The number of halogens is 3. The minimum absolute atomic E-state index is 0.137. The second-order valence-corrected chi connectivity index (χ2v) is 4.02. The zero-order chi connectivity index (χ0) is 14.7. The number of carbonyl (C=O) groups is 1. The van der Waals surface area contributed by atoms with Crippen LogP contribution in [0.2, 0.25) is 0 Å². The minimum atomic E-state index is -1.67. The van der Waals surface area contributed by atoms with Gasteiger partial charge in [0.2, 0.25) is 0 Å². The van der Waals surface area contributed by atoms with Crippen LogP contribution in [0.5, 0.6) is 0 Å². The highest BCUT2D eigenvalue weighted by Crippen LogP contribution is 2.14. The summed E-state index contributed by atoms with van der Waals surface area (Å²) in [5.41, 5.74) is 5.38. The summed E-state index contributed by atoms with van der Waals surface area (Å²) in [7, 11) is 0. The SMILES string of the molecule is Nc1cnn(CCNC(=O)c2ccc(F)c(F)c2F)c1. The van der Waals surface area contributed by atoms with E-state index in [1.54, 1.807) is 6.20 Å². The molecular formula is C12H11F3N4O. The Morgan fingerprint density at radius 3 is 2.70 bits per heavy atom. The smallest absolute Gasteiger partial charge is 0.254 e. The van der Waals surface area contributed by atoms with E-state index in [1.165, 1.54) is 10.9 Å². The van der Waals surface area contributed by atoms with Crippen molar-refractivity contribution in [2.75, 3.05) is 12.3 Å². The molecule has 0 fully saturated rings. The highest BCUT2D eigenvalue weighted by atomic mass is 19.2. The van der Waals surface area contributed by atoms with E-state index < -0.39 is 28.9 Å². The monoisotopic (exact) mass is 284 g/mol. The number of rotatable bonds is 4. The van der Waals surface area contributed by atoms with Crippen molar-refractivity contribution in [2.24, 2.45) is 0 Å². The molecule has 0 saturated carbocycles. The summed E-state index contributed by atoms with van der Waals surface area (Å²) in [4.78, 5) is 11.6. The van der Waals surface area contributed by atoms with Gasteiger partial charge in [-0.05, 0) is 12.1 Å². The molecule has 106 valence electrons. The molecule has 0 aliphatic heterocycles. The maximum atomic E-state index is 13.4. The van der Waals surface area contributed by atoms with E-state index in [2.05, 4.69) is 10.4 Å². The van der Waals surface area contributed by atoms with Crippen molar-refractivity contribution in [1.29, 1.82) is 0 Å². The van der Waals surface area contributed by atoms with Gasteiger partial charge in [0.05, 0.1) is 24.0 Å². The predicted molar refractivity (Wildman–Crippen MR) is 65.3 cm³/mol. The minimum Gasteiger partial charge on any atom is -0.396 e. The van der Waals surface area contributed by atoms with Gasteiger partial charge in [0, 0.05) is 12.7 Å². The summed E-state index contributed by atoms with van der Waals surface area (Å²) < 4.78 is 40.6. The Hall–Kier alpha value is -2.51. The third kappa shape index (κ3) is 2.90. The Balaban J connectivity index is 1.97. The van der Waals surface area contributed by atoms with Crippen LogP contribution in [-0.4, -0.2) is 22.2 Å². The van der Waals surface area contributed by atoms with E-state index in [0.29, 0.717) is 18.3 Å². The lowest BCUT2D eigenvalue weighted by molar-refractivity contribution is 0.0946. The number of anilines is 1. The lowest BCUT2D eigenvalue weighted by atomic mass is 10.2. The molecular weight excluding hydrogens is 273 g/mol. The molecule has 0 aliphatic carbocycles. The first-order valence-corrected chi connectivity index (χ1v) is 5.68. The molecule has 1 heterocycles. The fraction of sp³-hybridized carbons (Fsp3) is 0.167. The van der Waals surface area contributed by atoms with Crippen molar-refractivity contribution >= 4 is 11.6 Å². The lowest BCUT2D eigenvalue weighted by Gasteiger charge is -2.07. The van der Waals surface area contributed by atoms with Crippen molar-refractivity contribution in [2.45, 2.75) is 6.54 Å². The molecule has 20 heavy (non-hydrogen) atoms. The van der Waals surface area contributed by atoms with Gasteiger partial charge in [-0.2, -0.15) is 5.10 Å². The van der Waals surface area contributed by atoms with Crippen molar-refractivity contribution in [3.8, 4) is 0 Å². The van der Waals surface area contributed by atoms with Crippen LogP contribution in [0.1, 0.15) is 10.4 Å². The van der Waals surface area contributed by atoms with Crippen LogP contribution in [0.15, 0.2) is 24.5 Å². The summed E-state index contributed by atoms with van der Waals surface area (Å²) >= 11 is 0. The normalized spacial score (nSPS) is 10.6. The van der Waals surface area contributed by atoms with Crippen LogP contribution in [-0.2, 0) is 6.54 Å². The van der Waals surface area contributed by atoms with Crippen LogP contribution in [0.3, 0.4) is 0 Å². The maximum Gasteiger partial charge on any atom is 0.254 e. The van der Waals surface area contributed by atoms with Gasteiger partial charge in [-0.15, -0.1) is 0 Å². The standard InChI is InChI=1S/C12H11F3N4O/c13-9-2-1-8(10(14)11(9)15)12(20)17-3-4-19-6-7(16)5-18-19/h1-2,5-6H,3-4,16H2,(H,17,20). The van der Waals surface area contributed by atoms with Gasteiger partial charge < -0.3 is 11.1 Å². The van der Waals surface area contributed by atoms with Gasteiger partial charge in [-0.1, -0.05) is 0 Å². The van der Waals surface area contributed by atoms with Crippen molar-refractivity contribution in [1.82, 2.24) is 15.1 Å². The first-order chi connectivity index (χ1) is 9.49. The predicted octanol–water partition coefficient (Wildman–Crippen LogP) is 1.31. The van der Waals surface area contributed by atoms with Gasteiger partial charge in [-0.25, -0.2) is 13.2 Å². The fourth-order valence-electron chi connectivity index (χ4n) is 1.58. The van der Waals surface area contributed by atoms with E-state index in [4.69, 9.17) is 5.73 Å². The number of amides is 1. The number of nitrogens with one attached hydrogen (secondary N) is 1. The van der Waals surface area contributed by atoms with Crippen molar-refractivity contribution in [3.63, 3.8) is 0 Å². The molecule has 0 saturated heterocycles. The van der Waals surface area contributed by atoms with Gasteiger partial charge in [-0.3, -0.25) is 9.48 Å². The van der Waals surface area contributed by atoms with E-state index in [-0.39, 0.29) is 6.54 Å². The quantitative estimate of drug-likeness (QED) is 0.831. The Bertz CT molecular complexity index is 642. The molecule has 0 aliphatic rings. The Morgan fingerprint density at radius 2 is 2.05 bits per heavy atom. The molecule has 1 amide bonds. The molecule has 2 aromatic rings. The fourth-order valence-corrected chi connectivity index (χ4v) is 1.58. The summed E-state index contributed by atoms with van der Waals surface area (Å²) in [5.74, 6) is -5.35. The van der Waals surface area contributed by atoms with E-state index >= 15 is 0 Å². The van der Waals surface area contributed by atoms with E-state index in [9.17, 15) is 18.0 Å². The summed E-state index contributed by atoms with van der Waals surface area (Å²) in [5, 5.41) is 6.26. The van der Waals surface area contributed by atoms with Gasteiger partial charge in [0.25, 0.3) is 5.91 Å². The zero-order valence-electron chi connectivity index (χ0n) is 10.2. The van der Waals surface area contributed by atoms with Crippen LogP contribution < -0.4 is 11.1 Å². The van der Waals surface area contributed by atoms with Crippen LogP contribution in [0, 0.1) is 17.5 Å². The summed E-state index contributed by atoms with van der Waals surface area (Å²) in [6.45, 7) is 0.451. The topological polar surface area (TPSA) is 72.9 Å². The number of hydrogen-bond acceptors (Lipinski definition) is 3. The Morgan fingerprint density at radius 1 is 1.30 bits per heavy atom. The molecule has 3 N–H and O–H groups in total. The molecule has 0 atom stereocenters. The Labute approximate surface area is 112 Å². The molecule has 0 unspecified atom stereocenters. The number of benzene rings is 1. The second kappa shape index (κ2) is 5.64. The zero-order valence-corrected chi connectivity index (χ0v) is 10.2. The van der Waals surface area contributed by atoms with Crippen molar-refractivity contribution < 1.29 is 18.0 Å². The molecule has 8 heteroatoms. The number of nitrogens with two attached hydrogens (primary N) is 1. The highest BCUT2D eigenvalue weighted by Gasteiger charge is 2.18. The number of aromatic nitrogens is 2. The molecule has 0 spiro atoms. The summed E-state index contributed by atoms with van der Waals surface area (Å²) in [6, 6.07) is 1.58. The van der Waals surface area contributed by atoms with Gasteiger partial charge in [0.15, 0.2) is 17.5 Å². The number of nitrogens with zero attached hydrogens (tertiary/aromatic N) is 2. The molecule has 0 bridgehead atoms. The molecule has 1 aromatic carbocycles. The van der Waals surface area contributed by atoms with Crippen LogP contribution in [0.4, 0.5) is 18.9 Å². The molecule has 1 aromatic heterocycles. The first kappa shape index (κ1) is 13.9. The summed E-state index contributed by atoms with van der Waals surface area (Å²) in [6.07, 6.45) is 3.00. The van der Waals surface area contributed by atoms with Crippen molar-refractivity contribution in [3.05, 3.63) is 47.5 Å². The van der Waals surface area contributed by atoms with Crippen LogP contribution >= 0.6 is 0 Å². The lowest BCUT2D eigenvalue weighted by Crippen LogP contribution is -2.28. The number of nitrogen functional groups attached to an aromatic ring is 1. The molecule has 2 rings (SSSR count). The number of carbonyl (C=O) groups excluding carboxylic acids is 1. The third-order valence-electron chi connectivity index (χ3n) is 2.56. The third-order valence-corrected chi connectivity index (χ3v) is 2.56. The molecule has 5 nitrogen and oxygen atoms in total. The first-order valence-electron chi connectivity index (χ1n) is 5.68. The maximum absolute atomic E-state index is 13.4. The van der Waals surface area contributed by atoms with Gasteiger partial charge >= 0.3 is 0 Å². The van der Waals surface area contributed by atoms with Gasteiger partial charge in [0.1, 0.15) is 0 Å². The van der Waals surface area contributed by atoms with E-state index in [1.807, 2.05) is 0 Å². The Kier molecular flexibility index (Phi) is 3.92. The second-order valence-electron chi connectivity index (χ2n) is 4.02. The average molecular weight is 284 g/mol. The highest BCUT2D eigenvalue weighted by molar-refractivity contribution is 5.94. The average Bonchev–Trinajstić information content (AvgIpc) is 2.82. The molecule has 0 radical (unpaired) electrons. The largest absolute Gasteiger partial charge is 0.396 e. The van der Waals surface area contributed by atoms with E-state index in [0.717, 1.165) is 6.07 Å². The number of hydrogen-bond donors (Lipinski definition) is 2. The van der Waals surface area contributed by atoms with Crippen LogP contribution in [0.25, 0.3) is 0 Å².